The van der Waals surface area contributed by atoms with Gasteiger partial charge in [0.15, 0.2) is 0 Å². The van der Waals surface area contributed by atoms with E-state index < -0.39 is 0 Å². The minimum Gasteiger partial charge on any atom is -0.487 e. The molecule has 3 aromatic heterocycles. The summed E-state index contributed by atoms with van der Waals surface area (Å²) in [5.41, 5.74) is 2.85. The Morgan fingerprint density at radius 3 is 2.92 bits per heavy atom. The van der Waals surface area contributed by atoms with Gasteiger partial charge in [-0.3, -0.25) is 9.78 Å². The van der Waals surface area contributed by atoms with Gasteiger partial charge < -0.3 is 14.5 Å². The van der Waals surface area contributed by atoms with Crippen LogP contribution in [0.1, 0.15) is 16.1 Å². The smallest absolute Gasteiger partial charge is 0.255 e. The molecular weight excluding hydrogens is 328 g/mol. The zero-order chi connectivity index (χ0) is 17.8. The van der Waals surface area contributed by atoms with Crippen molar-refractivity contribution in [2.75, 3.05) is 5.32 Å². The summed E-state index contributed by atoms with van der Waals surface area (Å²) < 4.78 is 7.74. The summed E-state index contributed by atoms with van der Waals surface area (Å²) in [7, 11) is 0. The molecular formula is C20H16N4O2. The Morgan fingerprint density at radius 2 is 2.08 bits per heavy atom. The second kappa shape index (κ2) is 7.06. The molecule has 4 aromatic rings. The van der Waals surface area contributed by atoms with Gasteiger partial charge >= 0.3 is 0 Å². The van der Waals surface area contributed by atoms with Crippen molar-refractivity contribution in [1.82, 2.24) is 14.4 Å². The van der Waals surface area contributed by atoms with Gasteiger partial charge in [-0.05, 0) is 42.5 Å². The minimum absolute atomic E-state index is 0.212. The largest absolute Gasteiger partial charge is 0.487 e. The first-order chi connectivity index (χ1) is 12.8. The van der Waals surface area contributed by atoms with Crippen molar-refractivity contribution in [1.29, 1.82) is 0 Å². The maximum atomic E-state index is 12.3. The van der Waals surface area contributed by atoms with E-state index in [1.807, 2.05) is 41.1 Å². The van der Waals surface area contributed by atoms with Gasteiger partial charge in [0.25, 0.3) is 5.91 Å². The Labute approximate surface area is 150 Å². The van der Waals surface area contributed by atoms with Crippen LogP contribution in [0, 0.1) is 0 Å². The van der Waals surface area contributed by atoms with E-state index in [0.29, 0.717) is 23.6 Å². The number of ether oxygens (including phenoxy) is 1. The first kappa shape index (κ1) is 15.8. The minimum atomic E-state index is -0.212. The molecule has 0 radical (unpaired) electrons. The summed E-state index contributed by atoms with van der Waals surface area (Å²) in [4.78, 5) is 20.8. The van der Waals surface area contributed by atoms with E-state index in [-0.39, 0.29) is 5.91 Å². The summed E-state index contributed by atoms with van der Waals surface area (Å²) in [5.74, 6) is 0.400. The zero-order valence-electron chi connectivity index (χ0n) is 13.9. The number of imidazole rings is 1. The lowest BCUT2D eigenvalue weighted by atomic mass is 10.2. The quantitative estimate of drug-likeness (QED) is 0.601. The van der Waals surface area contributed by atoms with Gasteiger partial charge in [0.05, 0.1) is 17.6 Å². The number of aromatic nitrogens is 3. The summed E-state index contributed by atoms with van der Waals surface area (Å²) in [5, 5.41) is 2.80. The van der Waals surface area contributed by atoms with Gasteiger partial charge in [-0.1, -0.05) is 12.1 Å². The molecule has 0 spiro atoms. The standard InChI is InChI=1S/C20H16N4O2/c25-20(23-16-6-4-9-21-12-16)15-5-3-7-18(11-15)26-14-17-13-24-10-2-1-8-19(24)22-17/h1-13H,14H2,(H,23,25). The molecule has 1 aromatic carbocycles. The second-order valence-corrected chi connectivity index (χ2v) is 5.71. The number of carbonyl (C=O) groups excluding carboxylic acids is 1. The number of fused-ring (bicyclic) bond motifs is 1. The van der Waals surface area contributed by atoms with Crippen LogP contribution in [0.3, 0.4) is 0 Å². The van der Waals surface area contributed by atoms with Crippen LogP contribution >= 0.6 is 0 Å². The third-order valence-corrected chi connectivity index (χ3v) is 3.82. The summed E-state index contributed by atoms with van der Waals surface area (Å²) in [6.45, 7) is 0.329. The van der Waals surface area contributed by atoms with Gasteiger partial charge in [-0.2, -0.15) is 0 Å². The van der Waals surface area contributed by atoms with Crippen molar-refractivity contribution < 1.29 is 9.53 Å². The number of rotatable bonds is 5. The zero-order valence-corrected chi connectivity index (χ0v) is 13.9. The molecule has 6 nitrogen and oxygen atoms in total. The van der Waals surface area contributed by atoms with Crippen molar-refractivity contribution in [3.05, 3.63) is 90.6 Å². The molecule has 0 saturated carbocycles. The van der Waals surface area contributed by atoms with Crippen molar-refractivity contribution in [3.8, 4) is 5.75 Å². The lowest BCUT2D eigenvalue weighted by Gasteiger charge is -2.08. The van der Waals surface area contributed by atoms with Crippen LogP contribution in [-0.2, 0) is 6.61 Å². The number of hydrogen-bond acceptors (Lipinski definition) is 4. The monoisotopic (exact) mass is 344 g/mol. The number of pyridine rings is 2. The van der Waals surface area contributed by atoms with Gasteiger partial charge in [0.2, 0.25) is 0 Å². The molecule has 4 rings (SSSR count). The highest BCUT2D eigenvalue weighted by molar-refractivity contribution is 6.04. The maximum Gasteiger partial charge on any atom is 0.255 e. The Balaban J connectivity index is 1.44. The molecule has 0 saturated heterocycles. The molecule has 6 heteroatoms. The summed E-state index contributed by atoms with van der Waals surface area (Å²) >= 11 is 0. The van der Waals surface area contributed by atoms with E-state index in [4.69, 9.17) is 4.74 Å². The van der Waals surface area contributed by atoms with E-state index in [9.17, 15) is 4.79 Å². The van der Waals surface area contributed by atoms with E-state index in [1.54, 1.807) is 42.7 Å². The van der Waals surface area contributed by atoms with Crippen LogP contribution < -0.4 is 10.1 Å². The molecule has 0 aliphatic heterocycles. The Bertz CT molecular complexity index is 1010. The predicted molar refractivity (Wildman–Crippen MR) is 98.2 cm³/mol. The average molecular weight is 344 g/mol. The molecule has 0 bridgehead atoms. The Kier molecular flexibility index (Phi) is 4.30. The predicted octanol–water partition coefficient (Wildman–Crippen LogP) is 3.56. The number of anilines is 1. The fourth-order valence-corrected chi connectivity index (χ4v) is 2.58. The second-order valence-electron chi connectivity index (χ2n) is 5.71. The van der Waals surface area contributed by atoms with Crippen LogP contribution in [0.25, 0.3) is 5.65 Å². The molecule has 0 fully saturated rings. The normalized spacial score (nSPS) is 10.6. The number of amides is 1. The highest BCUT2D eigenvalue weighted by atomic mass is 16.5. The van der Waals surface area contributed by atoms with Crippen molar-refractivity contribution >= 4 is 17.2 Å². The molecule has 0 unspecified atom stereocenters. The lowest BCUT2D eigenvalue weighted by molar-refractivity contribution is 0.102. The van der Waals surface area contributed by atoms with Crippen LogP contribution in [0.4, 0.5) is 5.69 Å². The summed E-state index contributed by atoms with van der Waals surface area (Å²) in [6, 6.07) is 16.4. The molecule has 3 heterocycles. The van der Waals surface area contributed by atoms with E-state index in [0.717, 1.165) is 11.3 Å². The number of nitrogens with zero attached hydrogens (tertiary/aromatic N) is 3. The van der Waals surface area contributed by atoms with Gasteiger partial charge in [-0.25, -0.2) is 4.98 Å². The molecule has 0 aliphatic carbocycles. The van der Waals surface area contributed by atoms with E-state index >= 15 is 0 Å². The molecule has 128 valence electrons. The van der Waals surface area contributed by atoms with Crippen molar-refractivity contribution in [2.45, 2.75) is 6.61 Å². The number of benzene rings is 1. The van der Waals surface area contributed by atoms with Crippen LogP contribution in [0.2, 0.25) is 0 Å². The maximum absolute atomic E-state index is 12.3. The third-order valence-electron chi connectivity index (χ3n) is 3.82. The Hall–Kier alpha value is -3.67. The van der Waals surface area contributed by atoms with Gasteiger partial charge in [0.1, 0.15) is 18.0 Å². The van der Waals surface area contributed by atoms with Crippen molar-refractivity contribution in [3.63, 3.8) is 0 Å². The molecule has 0 aliphatic rings. The molecule has 1 N–H and O–H groups in total. The fourth-order valence-electron chi connectivity index (χ4n) is 2.58. The number of hydrogen-bond donors (Lipinski definition) is 1. The lowest BCUT2D eigenvalue weighted by Crippen LogP contribution is -2.12. The fraction of sp³-hybridized carbons (Fsp3) is 0.0500. The highest BCUT2D eigenvalue weighted by Gasteiger charge is 2.08. The third kappa shape index (κ3) is 3.54. The van der Waals surface area contributed by atoms with Crippen LogP contribution in [-0.4, -0.2) is 20.3 Å². The highest BCUT2D eigenvalue weighted by Crippen LogP contribution is 2.17. The number of nitrogens with one attached hydrogen (secondary N) is 1. The molecule has 0 atom stereocenters. The summed E-state index contributed by atoms with van der Waals surface area (Å²) in [6.07, 6.45) is 7.12. The topological polar surface area (TPSA) is 68.5 Å². The first-order valence-electron chi connectivity index (χ1n) is 8.15. The van der Waals surface area contributed by atoms with Crippen LogP contribution in [0.15, 0.2) is 79.4 Å². The molecule has 1 amide bonds. The van der Waals surface area contributed by atoms with Gasteiger partial charge in [-0.15, -0.1) is 0 Å². The van der Waals surface area contributed by atoms with E-state index in [1.165, 1.54) is 0 Å². The first-order valence-corrected chi connectivity index (χ1v) is 8.15. The van der Waals surface area contributed by atoms with Crippen molar-refractivity contribution in [2.24, 2.45) is 0 Å². The van der Waals surface area contributed by atoms with Crippen LogP contribution in [0.5, 0.6) is 5.75 Å². The Morgan fingerprint density at radius 1 is 1.12 bits per heavy atom. The van der Waals surface area contributed by atoms with E-state index in [2.05, 4.69) is 15.3 Å². The SMILES string of the molecule is O=C(Nc1cccnc1)c1cccc(OCc2cn3ccccc3n2)c1. The van der Waals surface area contributed by atoms with Gasteiger partial charge in [0, 0.05) is 24.2 Å². The average Bonchev–Trinajstić information content (AvgIpc) is 3.10. The molecule has 26 heavy (non-hydrogen) atoms. The number of carbonyl (C=O) groups is 1.